The van der Waals surface area contributed by atoms with E-state index in [-0.39, 0.29) is 0 Å². The average molecular weight is 365 g/mol. The van der Waals surface area contributed by atoms with Gasteiger partial charge in [-0.3, -0.25) is 0 Å². The minimum atomic E-state index is -4.39. The Hall–Kier alpha value is -2.54. The molecular weight excluding hydrogens is 343 g/mol. The summed E-state index contributed by atoms with van der Waals surface area (Å²) in [4.78, 5) is 14.1. The summed E-state index contributed by atoms with van der Waals surface area (Å²) in [6, 6.07) is 11.7. The zero-order valence-electron chi connectivity index (χ0n) is 14.7. The van der Waals surface area contributed by atoms with Gasteiger partial charge >= 0.3 is 12.2 Å². The van der Waals surface area contributed by atoms with Crippen LogP contribution in [0.25, 0.3) is 0 Å². The van der Waals surface area contributed by atoms with Crippen LogP contribution < -0.4 is 10.6 Å². The lowest BCUT2D eigenvalue weighted by Crippen LogP contribution is -2.28. The molecule has 7 heteroatoms. The molecule has 26 heavy (non-hydrogen) atoms. The fourth-order valence-corrected chi connectivity index (χ4v) is 2.36. The second kappa shape index (κ2) is 8.71. The number of rotatable bonds is 6. The van der Waals surface area contributed by atoms with Gasteiger partial charge < -0.3 is 15.5 Å². The summed E-state index contributed by atoms with van der Waals surface area (Å²) in [6.45, 7) is 4.17. The summed E-state index contributed by atoms with van der Waals surface area (Å²) < 4.78 is 37.6. The van der Waals surface area contributed by atoms with Crippen molar-refractivity contribution in [3.63, 3.8) is 0 Å². The fraction of sp³-hybridized carbons (Fsp3) is 0.316. The lowest BCUT2D eigenvalue weighted by atomic mass is 10.1. The van der Waals surface area contributed by atoms with Crippen molar-refractivity contribution >= 4 is 11.7 Å². The largest absolute Gasteiger partial charge is 0.416 e. The Kier molecular flexibility index (Phi) is 6.63. The second-order valence-corrected chi connectivity index (χ2v) is 6.03. The maximum absolute atomic E-state index is 12.5. The molecular formula is C19H22F3N3O. The molecule has 2 rings (SSSR count). The van der Waals surface area contributed by atoms with Gasteiger partial charge in [0.05, 0.1) is 5.56 Å². The molecule has 0 aliphatic rings. The number of carbonyl (C=O) groups excluding carboxylic acids is 1. The van der Waals surface area contributed by atoms with Crippen LogP contribution in [0.3, 0.4) is 0 Å². The lowest BCUT2D eigenvalue weighted by molar-refractivity contribution is -0.137. The van der Waals surface area contributed by atoms with E-state index in [1.165, 1.54) is 12.1 Å². The van der Waals surface area contributed by atoms with Crippen molar-refractivity contribution in [2.24, 2.45) is 0 Å². The van der Waals surface area contributed by atoms with Gasteiger partial charge in [-0.2, -0.15) is 13.2 Å². The number of amides is 2. The first-order chi connectivity index (χ1) is 12.3. The van der Waals surface area contributed by atoms with Crippen molar-refractivity contribution in [3.8, 4) is 0 Å². The Balaban J connectivity index is 1.88. The molecule has 0 unspecified atom stereocenters. The number of hydrogen-bond acceptors (Lipinski definition) is 2. The molecule has 0 fully saturated rings. The smallest absolute Gasteiger partial charge is 0.334 e. The molecule has 2 amide bonds. The molecule has 0 aliphatic carbocycles. The maximum atomic E-state index is 12.5. The van der Waals surface area contributed by atoms with Gasteiger partial charge in [0.25, 0.3) is 0 Å². The highest BCUT2D eigenvalue weighted by molar-refractivity contribution is 5.89. The Labute approximate surface area is 151 Å². The van der Waals surface area contributed by atoms with E-state index in [9.17, 15) is 18.0 Å². The van der Waals surface area contributed by atoms with Gasteiger partial charge in [-0.25, -0.2) is 4.79 Å². The summed E-state index contributed by atoms with van der Waals surface area (Å²) in [7, 11) is 2.03. The van der Waals surface area contributed by atoms with Crippen LogP contribution in [0.5, 0.6) is 0 Å². The van der Waals surface area contributed by atoms with Crippen molar-refractivity contribution < 1.29 is 18.0 Å². The van der Waals surface area contributed by atoms with Gasteiger partial charge in [0.15, 0.2) is 0 Å². The number of alkyl halides is 3. The average Bonchev–Trinajstić information content (AvgIpc) is 2.60. The fourth-order valence-electron chi connectivity index (χ4n) is 2.36. The third-order valence-electron chi connectivity index (χ3n) is 3.91. The number of carbonyl (C=O) groups is 1. The highest BCUT2D eigenvalue weighted by Gasteiger charge is 2.29. The third-order valence-corrected chi connectivity index (χ3v) is 3.91. The minimum Gasteiger partial charge on any atom is -0.334 e. The predicted molar refractivity (Wildman–Crippen MR) is 95.8 cm³/mol. The SMILES string of the molecule is CCN(C)Cc1cccc(CNC(=O)Nc2ccc(C(F)(F)F)cc2)c1. The van der Waals surface area contributed by atoms with E-state index in [1.54, 1.807) is 0 Å². The van der Waals surface area contributed by atoms with Crippen LogP contribution in [0.2, 0.25) is 0 Å². The van der Waals surface area contributed by atoms with E-state index in [2.05, 4.69) is 22.5 Å². The third kappa shape index (κ3) is 6.07. The van der Waals surface area contributed by atoms with Crippen LogP contribution in [-0.2, 0) is 19.3 Å². The van der Waals surface area contributed by atoms with E-state index in [1.807, 2.05) is 31.3 Å². The van der Waals surface area contributed by atoms with Crippen molar-refractivity contribution in [1.82, 2.24) is 10.2 Å². The first kappa shape index (κ1) is 19.8. The Morgan fingerprint density at radius 3 is 2.35 bits per heavy atom. The number of benzene rings is 2. The molecule has 0 bridgehead atoms. The first-order valence-electron chi connectivity index (χ1n) is 8.26. The summed E-state index contributed by atoms with van der Waals surface area (Å²) in [5, 5.41) is 5.22. The van der Waals surface area contributed by atoms with Gasteiger partial charge in [0, 0.05) is 18.8 Å². The van der Waals surface area contributed by atoms with Gasteiger partial charge in [-0.05, 0) is 49.0 Å². The highest BCUT2D eigenvalue weighted by Crippen LogP contribution is 2.29. The zero-order chi connectivity index (χ0) is 19.2. The van der Waals surface area contributed by atoms with E-state index in [4.69, 9.17) is 0 Å². The molecule has 2 N–H and O–H groups in total. The van der Waals surface area contributed by atoms with Crippen molar-refractivity contribution in [2.45, 2.75) is 26.2 Å². The Morgan fingerprint density at radius 1 is 1.08 bits per heavy atom. The molecule has 0 spiro atoms. The van der Waals surface area contributed by atoms with E-state index in [0.29, 0.717) is 12.2 Å². The molecule has 0 radical (unpaired) electrons. The van der Waals surface area contributed by atoms with Crippen molar-refractivity contribution in [3.05, 3.63) is 65.2 Å². The van der Waals surface area contributed by atoms with Crippen LogP contribution >= 0.6 is 0 Å². The maximum Gasteiger partial charge on any atom is 0.416 e. The minimum absolute atomic E-state index is 0.300. The molecule has 0 aromatic heterocycles. The molecule has 0 atom stereocenters. The Morgan fingerprint density at radius 2 is 1.73 bits per heavy atom. The van der Waals surface area contributed by atoms with Gasteiger partial charge in [-0.15, -0.1) is 0 Å². The van der Waals surface area contributed by atoms with E-state index < -0.39 is 17.8 Å². The second-order valence-electron chi connectivity index (χ2n) is 6.03. The van der Waals surface area contributed by atoms with E-state index in [0.717, 1.165) is 36.3 Å². The molecule has 4 nitrogen and oxygen atoms in total. The molecule has 0 saturated heterocycles. The summed E-state index contributed by atoms with van der Waals surface area (Å²) in [5.74, 6) is 0. The van der Waals surface area contributed by atoms with Gasteiger partial charge in [0.2, 0.25) is 0 Å². The number of hydrogen-bond donors (Lipinski definition) is 2. The normalized spacial score (nSPS) is 11.5. The molecule has 140 valence electrons. The number of nitrogens with one attached hydrogen (secondary N) is 2. The van der Waals surface area contributed by atoms with Crippen LogP contribution in [0.15, 0.2) is 48.5 Å². The number of nitrogens with zero attached hydrogens (tertiary/aromatic N) is 1. The predicted octanol–water partition coefficient (Wildman–Crippen LogP) is 4.48. The highest BCUT2D eigenvalue weighted by atomic mass is 19.4. The quantitative estimate of drug-likeness (QED) is 0.793. The molecule has 2 aromatic rings. The van der Waals surface area contributed by atoms with Crippen molar-refractivity contribution in [2.75, 3.05) is 18.9 Å². The van der Waals surface area contributed by atoms with Crippen molar-refractivity contribution in [1.29, 1.82) is 0 Å². The number of anilines is 1. The van der Waals surface area contributed by atoms with Crippen LogP contribution in [0.1, 0.15) is 23.6 Å². The molecule has 2 aromatic carbocycles. The standard InChI is InChI=1S/C19H22F3N3O/c1-3-25(2)13-15-6-4-5-14(11-15)12-23-18(26)24-17-9-7-16(8-10-17)19(20,21)22/h4-11H,3,12-13H2,1-2H3,(H2,23,24,26). The van der Waals surface area contributed by atoms with Gasteiger partial charge in [-0.1, -0.05) is 31.2 Å². The number of urea groups is 1. The molecule has 0 saturated carbocycles. The molecule has 0 aliphatic heterocycles. The van der Waals surface area contributed by atoms with E-state index >= 15 is 0 Å². The van der Waals surface area contributed by atoms with Crippen LogP contribution in [0, 0.1) is 0 Å². The molecule has 0 heterocycles. The zero-order valence-corrected chi connectivity index (χ0v) is 14.7. The lowest BCUT2D eigenvalue weighted by Gasteiger charge is -2.14. The summed E-state index contributed by atoms with van der Waals surface area (Å²) in [5.41, 5.74) is 1.65. The summed E-state index contributed by atoms with van der Waals surface area (Å²) >= 11 is 0. The summed E-state index contributed by atoms with van der Waals surface area (Å²) in [6.07, 6.45) is -4.39. The Bertz CT molecular complexity index is 730. The van der Waals surface area contributed by atoms with Gasteiger partial charge in [0.1, 0.15) is 0 Å². The first-order valence-corrected chi connectivity index (χ1v) is 8.26. The monoisotopic (exact) mass is 365 g/mol. The van der Waals surface area contributed by atoms with Crippen LogP contribution in [-0.4, -0.2) is 24.5 Å². The van der Waals surface area contributed by atoms with Crippen LogP contribution in [0.4, 0.5) is 23.7 Å². The topological polar surface area (TPSA) is 44.4 Å². The number of halogens is 3.